The maximum absolute atomic E-state index is 6.81. The van der Waals surface area contributed by atoms with Crippen LogP contribution in [0.5, 0.6) is 0 Å². The van der Waals surface area contributed by atoms with Crippen LogP contribution < -0.4 is 5.73 Å². The Hall–Kier alpha value is -1.57. The first-order valence-corrected chi connectivity index (χ1v) is 10.5. The monoisotopic (exact) mass is 416 g/mol. The molecule has 1 saturated heterocycles. The Bertz CT molecular complexity index is 910. The van der Waals surface area contributed by atoms with Crippen molar-refractivity contribution in [2.45, 2.75) is 19.9 Å². The maximum Gasteiger partial charge on any atom is 0.0796 e. The van der Waals surface area contributed by atoms with Crippen molar-refractivity contribution in [1.29, 1.82) is 0 Å². The Morgan fingerprint density at radius 1 is 1.26 bits per heavy atom. The lowest BCUT2D eigenvalue weighted by atomic mass is 9.92. The van der Waals surface area contributed by atoms with Crippen molar-refractivity contribution in [3.05, 3.63) is 73.7 Å². The van der Waals surface area contributed by atoms with Crippen molar-refractivity contribution >= 4 is 40.5 Å². The van der Waals surface area contributed by atoms with Gasteiger partial charge in [0, 0.05) is 23.4 Å². The van der Waals surface area contributed by atoms with E-state index < -0.39 is 0 Å². The normalized spacial score (nSPS) is 17.0. The van der Waals surface area contributed by atoms with Crippen LogP contribution in [0.2, 0.25) is 10.0 Å². The summed E-state index contributed by atoms with van der Waals surface area (Å²) in [6.45, 7) is 5.60. The molecule has 2 nitrogen and oxygen atoms in total. The summed E-state index contributed by atoms with van der Waals surface area (Å²) in [7, 11) is 0. The third-order valence-corrected chi connectivity index (χ3v) is 6.51. The number of hydrogen-bond donors (Lipinski definition) is 1. The molecule has 0 saturated carbocycles. The first-order chi connectivity index (χ1) is 12.9. The summed E-state index contributed by atoms with van der Waals surface area (Å²) in [6.07, 6.45) is 5.59. The van der Waals surface area contributed by atoms with Crippen molar-refractivity contribution < 1.29 is 0 Å². The number of aryl methyl sites for hydroxylation is 2. The van der Waals surface area contributed by atoms with E-state index in [9.17, 15) is 0 Å². The van der Waals surface area contributed by atoms with E-state index in [1.165, 1.54) is 11.1 Å². The molecular formula is C22H22Cl2N2S. The van der Waals surface area contributed by atoms with Gasteiger partial charge in [-0.2, -0.15) is 0 Å². The van der Waals surface area contributed by atoms with E-state index in [0.29, 0.717) is 16.6 Å². The van der Waals surface area contributed by atoms with Crippen LogP contribution in [0.3, 0.4) is 0 Å². The second-order valence-electron chi connectivity index (χ2n) is 6.69. The minimum atomic E-state index is -0.333. The van der Waals surface area contributed by atoms with Crippen LogP contribution in [0, 0.1) is 26.2 Å². The molecule has 140 valence electrons. The smallest absolute Gasteiger partial charge is 0.0796 e. The van der Waals surface area contributed by atoms with Gasteiger partial charge >= 0.3 is 0 Å². The Kier molecular flexibility index (Phi) is 6.44. The molecule has 0 bridgehead atoms. The average molecular weight is 417 g/mol. The zero-order chi connectivity index (χ0) is 19.6. The molecule has 1 fully saturated rings. The minimum absolute atomic E-state index is 0.333. The summed E-state index contributed by atoms with van der Waals surface area (Å²) in [6, 6.07) is 11.7. The minimum Gasteiger partial charge on any atom is -0.354 e. The summed E-state index contributed by atoms with van der Waals surface area (Å²) >= 11 is 14.7. The third-order valence-electron chi connectivity index (χ3n) is 4.56. The molecule has 1 atom stereocenters. The molecule has 0 amide bonds. The van der Waals surface area contributed by atoms with Crippen molar-refractivity contribution in [3.8, 4) is 12.3 Å². The number of nitrogens with two attached hydrogens (primary N) is 1. The largest absolute Gasteiger partial charge is 0.354 e. The summed E-state index contributed by atoms with van der Waals surface area (Å²) < 4.78 is 0. The quantitative estimate of drug-likeness (QED) is 0.651. The Morgan fingerprint density at radius 2 is 1.96 bits per heavy atom. The zero-order valence-electron chi connectivity index (χ0n) is 15.4. The van der Waals surface area contributed by atoms with Crippen LogP contribution in [0.4, 0.5) is 0 Å². The summed E-state index contributed by atoms with van der Waals surface area (Å²) in [5.74, 6) is 3.72. The number of benzene rings is 2. The highest BCUT2D eigenvalue weighted by Crippen LogP contribution is 2.43. The molecule has 0 aromatic heterocycles. The Balaban J connectivity index is 2.22. The van der Waals surface area contributed by atoms with E-state index in [0.717, 1.165) is 34.0 Å². The molecule has 2 N–H and O–H groups in total. The summed E-state index contributed by atoms with van der Waals surface area (Å²) in [4.78, 5) is 2.19. The third kappa shape index (κ3) is 4.31. The molecule has 5 heteroatoms. The van der Waals surface area contributed by atoms with Crippen molar-refractivity contribution in [3.63, 3.8) is 0 Å². The predicted octanol–water partition coefficient (Wildman–Crippen LogP) is 5.66. The highest BCUT2D eigenvalue weighted by atomic mass is 35.5. The van der Waals surface area contributed by atoms with Gasteiger partial charge in [0.15, 0.2) is 0 Å². The van der Waals surface area contributed by atoms with Gasteiger partial charge < -0.3 is 10.6 Å². The number of thioether (sulfide) groups is 1. The van der Waals surface area contributed by atoms with Crippen molar-refractivity contribution in [2.24, 2.45) is 5.73 Å². The van der Waals surface area contributed by atoms with Gasteiger partial charge in [0.1, 0.15) is 0 Å². The Morgan fingerprint density at radius 3 is 2.63 bits per heavy atom. The van der Waals surface area contributed by atoms with E-state index in [4.69, 9.17) is 35.4 Å². The van der Waals surface area contributed by atoms with Gasteiger partial charge in [-0.05, 0) is 25.5 Å². The van der Waals surface area contributed by atoms with Gasteiger partial charge in [0.2, 0.25) is 0 Å². The van der Waals surface area contributed by atoms with Crippen molar-refractivity contribution in [2.75, 3.05) is 18.8 Å². The summed E-state index contributed by atoms with van der Waals surface area (Å²) in [5, 5.41) is 2.13. The van der Waals surface area contributed by atoms with Crippen LogP contribution in [0.15, 0.2) is 41.4 Å². The fourth-order valence-corrected chi connectivity index (χ4v) is 5.08. The average Bonchev–Trinajstić information content (AvgIpc) is 3.06. The molecular weight excluding hydrogens is 395 g/mol. The van der Waals surface area contributed by atoms with Gasteiger partial charge in [-0.3, -0.25) is 0 Å². The van der Waals surface area contributed by atoms with Gasteiger partial charge in [-0.25, -0.2) is 0 Å². The van der Waals surface area contributed by atoms with Gasteiger partial charge in [0.25, 0.3) is 0 Å². The van der Waals surface area contributed by atoms with Crippen LogP contribution in [0.1, 0.15) is 28.3 Å². The molecule has 0 radical (unpaired) electrons. The highest BCUT2D eigenvalue weighted by molar-refractivity contribution is 8.03. The second-order valence-corrected chi connectivity index (χ2v) is 8.56. The number of terminal acetylenes is 1. The van der Waals surface area contributed by atoms with Crippen LogP contribution in [0.25, 0.3) is 5.57 Å². The molecule has 2 aromatic carbocycles. The van der Waals surface area contributed by atoms with E-state index in [1.807, 2.05) is 12.1 Å². The van der Waals surface area contributed by atoms with Gasteiger partial charge in [0.05, 0.1) is 27.7 Å². The predicted molar refractivity (Wildman–Crippen MR) is 119 cm³/mol. The van der Waals surface area contributed by atoms with E-state index in [1.54, 1.807) is 17.8 Å². The number of halogens is 2. The molecule has 0 spiro atoms. The van der Waals surface area contributed by atoms with Crippen LogP contribution >= 0.6 is 35.0 Å². The maximum atomic E-state index is 6.81. The molecule has 1 unspecified atom stereocenters. The number of nitrogens with zero attached hydrogens (tertiary/aromatic N) is 1. The standard InChI is InChI=1S/C22H22Cl2N2S/c1-4-8-26-9-10-27-22(26)19(17-6-5-7-18(23)20(17)24)21(25)16-12-14(2)11-15(3)13-16/h1,5-7,11-13,21H,8-10,25H2,2-3H3. The highest BCUT2D eigenvalue weighted by Gasteiger charge is 2.28. The SMILES string of the molecule is C#CCN1CCSC1=C(c1cccc(Cl)c1Cl)C(N)c1cc(C)cc(C)c1. The first-order valence-electron chi connectivity index (χ1n) is 8.76. The van der Waals surface area contributed by atoms with Crippen molar-refractivity contribution in [1.82, 2.24) is 4.90 Å². The molecule has 1 aliphatic heterocycles. The second kappa shape index (κ2) is 8.63. The lowest BCUT2D eigenvalue weighted by molar-refractivity contribution is 0.453. The fraction of sp³-hybridized carbons (Fsp3) is 0.273. The fourth-order valence-electron chi connectivity index (χ4n) is 3.44. The zero-order valence-corrected chi connectivity index (χ0v) is 17.8. The summed E-state index contributed by atoms with van der Waals surface area (Å²) in [5.41, 5.74) is 12.1. The number of hydrogen-bond acceptors (Lipinski definition) is 3. The molecule has 1 aliphatic rings. The Labute approximate surface area is 175 Å². The molecule has 2 aromatic rings. The van der Waals surface area contributed by atoms with Crippen LogP contribution in [-0.4, -0.2) is 23.7 Å². The van der Waals surface area contributed by atoms with E-state index >= 15 is 0 Å². The topological polar surface area (TPSA) is 29.3 Å². The molecule has 0 aliphatic carbocycles. The van der Waals surface area contributed by atoms with Gasteiger partial charge in [-0.15, -0.1) is 18.2 Å². The molecule has 3 rings (SSSR count). The number of rotatable bonds is 4. The lowest BCUT2D eigenvalue weighted by Gasteiger charge is -2.26. The molecule has 1 heterocycles. The van der Waals surface area contributed by atoms with Crippen LogP contribution in [-0.2, 0) is 0 Å². The van der Waals surface area contributed by atoms with Gasteiger partial charge in [-0.1, -0.05) is 70.6 Å². The first kappa shape index (κ1) is 20.2. The van der Waals surface area contributed by atoms with E-state index in [-0.39, 0.29) is 6.04 Å². The lowest BCUT2D eigenvalue weighted by Crippen LogP contribution is -2.23. The molecule has 27 heavy (non-hydrogen) atoms. The van der Waals surface area contributed by atoms with E-state index in [2.05, 4.69) is 42.9 Å².